The second kappa shape index (κ2) is 6.71. The minimum Gasteiger partial charge on any atom is -0.374 e. The monoisotopic (exact) mass is 270 g/mol. The molecule has 4 nitrogen and oxygen atoms in total. The largest absolute Gasteiger partial charge is 0.374 e. The van der Waals surface area contributed by atoms with Gasteiger partial charge in [0, 0.05) is 6.61 Å². The van der Waals surface area contributed by atoms with E-state index in [-0.39, 0.29) is 23.7 Å². The Labute approximate surface area is 117 Å². The van der Waals surface area contributed by atoms with E-state index in [2.05, 4.69) is 26.1 Å². The molecule has 0 aromatic heterocycles. The molecular weight excluding hydrogens is 240 g/mol. The van der Waals surface area contributed by atoms with Gasteiger partial charge in [0.1, 0.15) is 0 Å². The Morgan fingerprint density at radius 1 is 1.37 bits per heavy atom. The summed E-state index contributed by atoms with van der Waals surface area (Å²) in [4.78, 5) is 14.5. The van der Waals surface area contributed by atoms with Crippen LogP contribution in [0.1, 0.15) is 54.4 Å². The summed E-state index contributed by atoms with van der Waals surface area (Å²) >= 11 is 0. The fourth-order valence-corrected chi connectivity index (χ4v) is 2.76. The maximum absolute atomic E-state index is 12.5. The first-order valence-electron chi connectivity index (χ1n) is 7.51. The van der Waals surface area contributed by atoms with E-state index in [1.807, 2.05) is 25.7 Å². The third-order valence-electron chi connectivity index (χ3n) is 3.53. The van der Waals surface area contributed by atoms with Crippen molar-refractivity contribution in [2.75, 3.05) is 13.2 Å². The highest BCUT2D eigenvalue weighted by molar-refractivity contribution is 5.84. The zero-order valence-corrected chi connectivity index (χ0v) is 13.3. The number of carbonyl (C=O) groups excluding carboxylic acids is 1. The summed E-state index contributed by atoms with van der Waals surface area (Å²) in [5, 5.41) is 3.46. The van der Waals surface area contributed by atoms with E-state index in [0.29, 0.717) is 19.1 Å². The second-order valence-corrected chi connectivity index (χ2v) is 6.43. The first-order valence-corrected chi connectivity index (χ1v) is 7.51. The van der Waals surface area contributed by atoms with Crippen LogP contribution < -0.4 is 5.32 Å². The third kappa shape index (κ3) is 4.46. The number of hydrogen-bond acceptors (Lipinski definition) is 3. The van der Waals surface area contributed by atoms with Crippen LogP contribution >= 0.6 is 0 Å². The van der Waals surface area contributed by atoms with Gasteiger partial charge in [-0.25, -0.2) is 0 Å². The summed E-state index contributed by atoms with van der Waals surface area (Å²) in [6, 6.07) is -0.0256. The van der Waals surface area contributed by atoms with Crippen molar-refractivity contribution in [1.82, 2.24) is 10.2 Å². The summed E-state index contributed by atoms with van der Waals surface area (Å²) in [6.45, 7) is 13.8. The lowest BCUT2D eigenvalue weighted by atomic mass is 10.0. The predicted molar refractivity (Wildman–Crippen MR) is 77.9 cm³/mol. The Balaban J connectivity index is 2.72. The molecule has 0 bridgehead atoms. The van der Waals surface area contributed by atoms with Gasteiger partial charge in [-0.1, -0.05) is 20.8 Å². The Morgan fingerprint density at radius 2 is 2.00 bits per heavy atom. The lowest BCUT2D eigenvalue weighted by molar-refractivity contribution is -0.134. The van der Waals surface area contributed by atoms with Crippen molar-refractivity contribution in [2.24, 2.45) is 5.92 Å². The van der Waals surface area contributed by atoms with E-state index in [0.717, 1.165) is 12.8 Å². The molecule has 1 rings (SSSR count). The zero-order valence-electron chi connectivity index (χ0n) is 13.3. The molecule has 2 unspecified atom stereocenters. The molecule has 0 aliphatic carbocycles. The van der Waals surface area contributed by atoms with Crippen LogP contribution in [0.2, 0.25) is 0 Å². The molecule has 112 valence electrons. The smallest absolute Gasteiger partial charge is 0.241 e. The number of amides is 1. The first-order chi connectivity index (χ1) is 8.80. The van der Waals surface area contributed by atoms with E-state index < -0.39 is 0 Å². The molecule has 0 aromatic rings. The van der Waals surface area contributed by atoms with Crippen LogP contribution in [0.15, 0.2) is 0 Å². The summed E-state index contributed by atoms with van der Waals surface area (Å²) in [7, 11) is 0. The topological polar surface area (TPSA) is 41.6 Å². The van der Waals surface area contributed by atoms with E-state index >= 15 is 0 Å². The predicted octanol–water partition coefficient (Wildman–Crippen LogP) is 2.38. The molecule has 4 heteroatoms. The molecule has 1 heterocycles. The van der Waals surface area contributed by atoms with Crippen LogP contribution in [0.5, 0.6) is 0 Å². The fraction of sp³-hybridized carbons (Fsp3) is 0.933. The van der Waals surface area contributed by atoms with Crippen molar-refractivity contribution in [3.05, 3.63) is 0 Å². The van der Waals surface area contributed by atoms with E-state index in [9.17, 15) is 4.79 Å². The van der Waals surface area contributed by atoms with Crippen LogP contribution in [-0.4, -0.2) is 41.8 Å². The van der Waals surface area contributed by atoms with Crippen LogP contribution in [0.4, 0.5) is 0 Å². The highest BCUT2D eigenvalue weighted by atomic mass is 16.5. The fourth-order valence-electron chi connectivity index (χ4n) is 2.76. The Hall–Kier alpha value is -0.610. The number of rotatable bonds is 7. The van der Waals surface area contributed by atoms with E-state index in [1.165, 1.54) is 0 Å². The molecule has 0 saturated carbocycles. The van der Waals surface area contributed by atoms with Gasteiger partial charge in [0.15, 0.2) is 0 Å². The molecule has 1 amide bonds. The van der Waals surface area contributed by atoms with Gasteiger partial charge in [-0.3, -0.25) is 10.1 Å². The maximum atomic E-state index is 12.5. The molecule has 1 aliphatic rings. The van der Waals surface area contributed by atoms with Gasteiger partial charge in [0.2, 0.25) is 5.91 Å². The number of nitrogens with zero attached hydrogens (tertiary/aromatic N) is 1. The van der Waals surface area contributed by atoms with Crippen LogP contribution in [0.25, 0.3) is 0 Å². The molecule has 1 saturated heterocycles. The van der Waals surface area contributed by atoms with Gasteiger partial charge >= 0.3 is 0 Å². The maximum Gasteiger partial charge on any atom is 0.241 e. The van der Waals surface area contributed by atoms with E-state index in [1.54, 1.807) is 0 Å². The summed E-state index contributed by atoms with van der Waals surface area (Å²) in [5.74, 6) is 0.757. The molecule has 2 atom stereocenters. The first kappa shape index (κ1) is 16.4. The molecule has 1 aliphatic heterocycles. The van der Waals surface area contributed by atoms with Gasteiger partial charge in [0.05, 0.1) is 24.4 Å². The molecular formula is C15H30N2O2. The molecule has 0 spiro atoms. The zero-order chi connectivity index (χ0) is 14.6. The van der Waals surface area contributed by atoms with Crippen molar-refractivity contribution in [2.45, 2.75) is 72.2 Å². The highest BCUT2D eigenvalue weighted by Gasteiger charge is 2.40. The average molecular weight is 270 g/mol. The lowest BCUT2D eigenvalue weighted by Gasteiger charge is -2.33. The van der Waals surface area contributed by atoms with E-state index in [4.69, 9.17) is 4.74 Å². The van der Waals surface area contributed by atoms with Crippen molar-refractivity contribution < 1.29 is 9.53 Å². The summed E-state index contributed by atoms with van der Waals surface area (Å²) in [6.07, 6.45) is 1.99. The van der Waals surface area contributed by atoms with Gasteiger partial charge in [-0.05, 0) is 39.5 Å². The number of nitrogens with one attached hydrogen (secondary N) is 1. The molecule has 19 heavy (non-hydrogen) atoms. The van der Waals surface area contributed by atoms with Crippen LogP contribution in [-0.2, 0) is 9.53 Å². The standard InChI is InChI=1S/C15H30N2O2/c1-7-13-16-12(9-11(3)4)14(18)17(13)10-15(5,6)19-8-2/h11-13,16H,7-10H2,1-6H3. The van der Waals surface area contributed by atoms with Crippen LogP contribution in [0, 0.1) is 5.92 Å². The van der Waals surface area contributed by atoms with Gasteiger partial charge in [0.25, 0.3) is 0 Å². The number of hydrogen-bond donors (Lipinski definition) is 1. The molecule has 0 aromatic carbocycles. The summed E-state index contributed by atoms with van der Waals surface area (Å²) in [5.41, 5.74) is -0.285. The normalized spacial score (nSPS) is 24.6. The molecule has 1 N–H and O–H groups in total. The van der Waals surface area contributed by atoms with Crippen molar-refractivity contribution in [3.63, 3.8) is 0 Å². The van der Waals surface area contributed by atoms with Gasteiger partial charge < -0.3 is 9.64 Å². The average Bonchev–Trinajstić information content (AvgIpc) is 2.56. The molecule has 1 fully saturated rings. The minimum atomic E-state index is -0.285. The second-order valence-electron chi connectivity index (χ2n) is 6.43. The van der Waals surface area contributed by atoms with Gasteiger partial charge in [-0.2, -0.15) is 0 Å². The Bertz CT molecular complexity index is 303. The van der Waals surface area contributed by atoms with Gasteiger partial charge in [-0.15, -0.1) is 0 Å². The van der Waals surface area contributed by atoms with Crippen molar-refractivity contribution in [1.29, 1.82) is 0 Å². The number of carbonyl (C=O) groups is 1. The number of ether oxygens (including phenoxy) is 1. The minimum absolute atomic E-state index is 0.0256. The molecule has 0 radical (unpaired) electrons. The van der Waals surface area contributed by atoms with Crippen molar-refractivity contribution >= 4 is 5.91 Å². The summed E-state index contributed by atoms with van der Waals surface area (Å²) < 4.78 is 5.73. The quantitative estimate of drug-likeness (QED) is 0.772. The lowest BCUT2D eigenvalue weighted by Crippen LogP contribution is -2.46. The third-order valence-corrected chi connectivity index (χ3v) is 3.53. The Kier molecular flexibility index (Phi) is 5.81. The Morgan fingerprint density at radius 3 is 2.47 bits per heavy atom. The van der Waals surface area contributed by atoms with Crippen molar-refractivity contribution in [3.8, 4) is 0 Å². The van der Waals surface area contributed by atoms with Crippen LogP contribution in [0.3, 0.4) is 0 Å². The highest BCUT2D eigenvalue weighted by Crippen LogP contribution is 2.22. The SMILES string of the molecule is CCOC(C)(C)CN1C(=O)C(CC(C)C)NC1CC.